The van der Waals surface area contributed by atoms with Crippen molar-refractivity contribution < 1.29 is 4.74 Å². The van der Waals surface area contributed by atoms with Crippen LogP contribution in [0.3, 0.4) is 0 Å². The molecule has 1 aromatic carbocycles. The Morgan fingerprint density at radius 2 is 2.21 bits per heavy atom. The van der Waals surface area contributed by atoms with Crippen molar-refractivity contribution >= 4 is 11.3 Å². The SMILES string of the molecule is COc1ccc2c(c1)NCCC=C2C. The summed E-state index contributed by atoms with van der Waals surface area (Å²) in [5.41, 5.74) is 3.80. The summed E-state index contributed by atoms with van der Waals surface area (Å²) in [7, 11) is 1.70. The number of fused-ring (bicyclic) bond motifs is 1. The van der Waals surface area contributed by atoms with Crippen molar-refractivity contribution in [2.75, 3.05) is 19.0 Å². The molecular formula is C12H15NO. The molecule has 0 aromatic heterocycles. The molecule has 0 fully saturated rings. The van der Waals surface area contributed by atoms with Gasteiger partial charge in [-0.15, -0.1) is 0 Å². The monoisotopic (exact) mass is 189 g/mol. The fourth-order valence-electron chi connectivity index (χ4n) is 1.75. The molecule has 1 aliphatic rings. The highest BCUT2D eigenvalue weighted by atomic mass is 16.5. The van der Waals surface area contributed by atoms with Gasteiger partial charge in [0.05, 0.1) is 7.11 Å². The molecule has 2 heteroatoms. The smallest absolute Gasteiger partial charge is 0.120 e. The average molecular weight is 189 g/mol. The molecule has 14 heavy (non-hydrogen) atoms. The fourth-order valence-corrected chi connectivity index (χ4v) is 1.75. The molecule has 0 spiro atoms. The van der Waals surface area contributed by atoms with Crippen LogP contribution in [0, 0.1) is 0 Å². The second-order valence-corrected chi connectivity index (χ2v) is 3.51. The number of hydrogen-bond donors (Lipinski definition) is 1. The minimum atomic E-state index is 0.908. The first-order valence-electron chi connectivity index (χ1n) is 4.90. The van der Waals surface area contributed by atoms with Gasteiger partial charge in [-0.2, -0.15) is 0 Å². The summed E-state index contributed by atoms with van der Waals surface area (Å²) in [4.78, 5) is 0. The van der Waals surface area contributed by atoms with E-state index < -0.39 is 0 Å². The molecule has 0 saturated carbocycles. The summed E-state index contributed by atoms with van der Waals surface area (Å²) in [6.45, 7) is 3.15. The lowest BCUT2D eigenvalue weighted by Gasteiger charge is -2.10. The number of ether oxygens (including phenoxy) is 1. The number of allylic oxidation sites excluding steroid dienone is 1. The highest BCUT2D eigenvalue weighted by molar-refractivity contribution is 5.77. The van der Waals surface area contributed by atoms with Crippen molar-refractivity contribution in [3.8, 4) is 5.75 Å². The Balaban J connectivity index is 2.46. The molecular weight excluding hydrogens is 174 g/mol. The summed E-state index contributed by atoms with van der Waals surface area (Å²) < 4.78 is 5.20. The van der Waals surface area contributed by atoms with E-state index in [1.165, 1.54) is 16.8 Å². The van der Waals surface area contributed by atoms with Crippen molar-refractivity contribution in [1.82, 2.24) is 0 Å². The predicted molar refractivity (Wildman–Crippen MR) is 59.8 cm³/mol. The molecule has 0 radical (unpaired) electrons. The standard InChI is InChI=1S/C12H15NO/c1-9-4-3-7-13-12-8-10(14-2)5-6-11(9)12/h4-6,8,13H,3,7H2,1-2H3. The highest BCUT2D eigenvalue weighted by Crippen LogP contribution is 2.29. The molecule has 0 aliphatic carbocycles. The number of benzene rings is 1. The molecule has 0 bridgehead atoms. The zero-order chi connectivity index (χ0) is 9.97. The van der Waals surface area contributed by atoms with Crippen LogP contribution in [-0.4, -0.2) is 13.7 Å². The molecule has 0 atom stereocenters. The summed E-state index contributed by atoms with van der Waals surface area (Å²) in [5, 5.41) is 3.40. The van der Waals surface area contributed by atoms with E-state index in [9.17, 15) is 0 Å². The van der Waals surface area contributed by atoms with E-state index in [1.54, 1.807) is 7.11 Å². The van der Waals surface area contributed by atoms with Crippen molar-refractivity contribution in [2.24, 2.45) is 0 Å². The van der Waals surface area contributed by atoms with Crippen LogP contribution in [0.1, 0.15) is 18.9 Å². The van der Waals surface area contributed by atoms with Crippen LogP contribution in [0.5, 0.6) is 5.75 Å². The summed E-state index contributed by atoms with van der Waals surface area (Å²) >= 11 is 0. The van der Waals surface area contributed by atoms with Crippen molar-refractivity contribution in [1.29, 1.82) is 0 Å². The maximum Gasteiger partial charge on any atom is 0.120 e. The normalized spacial score (nSPS) is 14.9. The molecule has 2 nitrogen and oxygen atoms in total. The van der Waals surface area contributed by atoms with Gasteiger partial charge in [-0.05, 0) is 31.1 Å². The molecule has 0 unspecified atom stereocenters. The third kappa shape index (κ3) is 1.60. The molecule has 2 rings (SSSR count). The Labute approximate surface area is 84.6 Å². The van der Waals surface area contributed by atoms with Crippen molar-refractivity contribution in [3.63, 3.8) is 0 Å². The molecule has 1 aliphatic heterocycles. The van der Waals surface area contributed by atoms with E-state index >= 15 is 0 Å². The largest absolute Gasteiger partial charge is 0.497 e. The number of rotatable bonds is 1. The number of hydrogen-bond acceptors (Lipinski definition) is 2. The Bertz CT molecular complexity index is 369. The predicted octanol–water partition coefficient (Wildman–Crippen LogP) is 2.91. The second kappa shape index (κ2) is 3.74. The lowest BCUT2D eigenvalue weighted by molar-refractivity contribution is 0.415. The molecule has 0 amide bonds. The summed E-state index contributed by atoms with van der Waals surface area (Å²) in [6.07, 6.45) is 3.36. The molecule has 1 N–H and O–H groups in total. The topological polar surface area (TPSA) is 21.3 Å². The minimum Gasteiger partial charge on any atom is -0.497 e. The van der Waals surface area contributed by atoms with Crippen LogP contribution in [0.2, 0.25) is 0 Å². The molecule has 0 saturated heterocycles. The van der Waals surface area contributed by atoms with Gasteiger partial charge in [0.25, 0.3) is 0 Å². The minimum absolute atomic E-state index is 0.908. The van der Waals surface area contributed by atoms with E-state index in [-0.39, 0.29) is 0 Å². The Kier molecular flexibility index (Phi) is 2.44. The zero-order valence-corrected chi connectivity index (χ0v) is 8.63. The van der Waals surface area contributed by atoms with Gasteiger partial charge in [0.1, 0.15) is 5.75 Å². The van der Waals surface area contributed by atoms with E-state index in [2.05, 4.69) is 30.4 Å². The highest BCUT2D eigenvalue weighted by Gasteiger charge is 2.08. The van der Waals surface area contributed by atoms with Gasteiger partial charge in [0.15, 0.2) is 0 Å². The number of methoxy groups -OCH3 is 1. The van der Waals surface area contributed by atoms with E-state index in [4.69, 9.17) is 4.74 Å². The maximum absolute atomic E-state index is 5.20. The fraction of sp³-hybridized carbons (Fsp3) is 0.333. The van der Waals surface area contributed by atoms with Crippen LogP contribution in [0.4, 0.5) is 5.69 Å². The summed E-state index contributed by atoms with van der Waals surface area (Å²) in [6, 6.07) is 6.17. The Morgan fingerprint density at radius 3 is 3.00 bits per heavy atom. The van der Waals surface area contributed by atoms with E-state index in [0.717, 1.165) is 18.7 Å². The maximum atomic E-state index is 5.20. The first-order valence-corrected chi connectivity index (χ1v) is 4.90. The third-order valence-corrected chi connectivity index (χ3v) is 2.56. The van der Waals surface area contributed by atoms with E-state index in [1.807, 2.05) is 6.07 Å². The molecule has 74 valence electrons. The van der Waals surface area contributed by atoms with Crippen molar-refractivity contribution in [2.45, 2.75) is 13.3 Å². The van der Waals surface area contributed by atoms with Gasteiger partial charge >= 0.3 is 0 Å². The first kappa shape index (κ1) is 9.13. The number of nitrogens with one attached hydrogen (secondary N) is 1. The lowest BCUT2D eigenvalue weighted by Crippen LogP contribution is -2.00. The van der Waals surface area contributed by atoms with Crippen LogP contribution in [-0.2, 0) is 0 Å². The Morgan fingerprint density at radius 1 is 1.36 bits per heavy atom. The summed E-state index contributed by atoms with van der Waals surface area (Å²) in [5.74, 6) is 0.908. The van der Waals surface area contributed by atoms with Gasteiger partial charge in [-0.3, -0.25) is 0 Å². The van der Waals surface area contributed by atoms with Gasteiger partial charge < -0.3 is 10.1 Å². The second-order valence-electron chi connectivity index (χ2n) is 3.51. The lowest BCUT2D eigenvalue weighted by atomic mass is 10.1. The van der Waals surface area contributed by atoms with Crippen LogP contribution in [0.25, 0.3) is 5.57 Å². The number of anilines is 1. The Hall–Kier alpha value is -1.44. The molecule has 1 aromatic rings. The van der Waals surface area contributed by atoms with Gasteiger partial charge in [0, 0.05) is 23.9 Å². The average Bonchev–Trinajstić information content (AvgIpc) is 2.40. The van der Waals surface area contributed by atoms with Crippen LogP contribution >= 0.6 is 0 Å². The third-order valence-electron chi connectivity index (χ3n) is 2.56. The quantitative estimate of drug-likeness (QED) is 0.733. The van der Waals surface area contributed by atoms with Crippen LogP contribution in [0.15, 0.2) is 24.3 Å². The van der Waals surface area contributed by atoms with E-state index in [0.29, 0.717) is 0 Å². The zero-order valence-electron chi connectivity index (χ0n) is 8.63. The van der Waals surface area contributed by atoms with Gasteiger partial charge in [-0.25, -0.2) is 0 Å². The van der Waals surface area contributed by atoms with Crippen molar-refractivity contribution in [3.05, 3.63) is 29.8 Å². The van der Waals surface area contributed by atoms with Crippen LogP contribution < -0.4 is 10.1 Å². The van der Waals surface area contributed by atoms with Gasteiger partial charge in [-0.1, -0.05) is 6.08 Å². The van der Waals surface area contributed by atoms with Gasteiger partial charge in [0.2, 0.25) is 0 Å². The molecule has 1 heterocycles. The first-order chi connectivity index (χ1) is 6.81.